The van der Waals surface area contributed by atoms with Gasteiger partial charge in [-0.1, -0.05) is 18.2 Å². The Hall–Kier alpha value is -2.77. The summed E-state index contributed by atoms with van der Waals surface area (Å²) in [7, 11) is 0. The van der Waals surface area contributed by atoms with Gasteiger partial charge in [0.05, 0.1) is 6.54 Å². The third kappa shape index (κ3) is 4.87. The number of alkyl halides is 3. The quantitative estimate of drug-likeness (QED) is 0.819. The van der Waals surface area contributed by atoms with Crippen molar-refractivity contribution in [1.82, 2.24) is 9.88 Å². The van der Waals surface area contributed by atoms with E-state index in [1.807, 2.05) is 6.07 Å². The average Bonchev–Trinajstić information content (AvgIpc) is 2.53. The molecule has 1 aromatic carbocycles. The Morgan fingerprint density at radius 2 is 1.83 bits per heavy atom. The van der Waals surface area contributed by atoms with Crippen molar-refractivity contribution in [2.24, 2.45) is 0 Å². The number of para-hydroxylation sites is 1. The Labute approximate surface area is 135 Å². The lowest BCUT2D eigenvalue weighted by Crippen LogP contribution is -2.36. The van der Waals surface area contributed by atoms with Gasteiger partial charge in [0.15, 0.2) is 0 Å². The number of halogens is 3. The second kappa shape index (κ2) is 7.67. The van der Waals surface area contributed by atoms with Crippen LogP contribution in [-0.4, -0.2) is 23.6 Å². The van der Waals surface area contributed by atoms with E-state index in [2.05, 4.69) is 5.32 Å². The molecule has 0 radical (unpaired) electrons. The molecule has 0 saturated heterocycles. The van der Waals surface area contributed by atoms with Crippen molar-refractivity contribution in [3.8, 4) is 5.75 Å². The van der Waals surface area contributed by atoms with Gasteiger partial charge in [-0.15, -0.1) is 0 Å². The van der Waals surface area contributed by atoms with E-state index in [9.17, 15) is 22.8 Å². The predicted octanol–water partition coefficient (Wildman–Crippen LogP) is 2.06. The van der Waals surface area contributed by atoms with Gasteiger partial charge in [0.1, 0.15) is 24.5 Å². The van der Waals surface area contributed by atoms with Crippen molar-refractivity contribution in [1.29, 1.82) is 0 Å². The monoisotopic (exact) mass is 340 g/mol. The first-order chi connectivity index (χ1) is 11.4. The molecule has 5 nitrogen and oxygen atoms in total. The molecule has 128 valence electrons. The number of aromatic nitrogens is 1. The Morgan fingerprint density at radius 3 is 2.50 bits per heavy atom. The Balaban J connectivity index is 1.86. The summed E-state index contributed by atoms with van der Waals surface area (Å²) in [6.45, 7) is -0.122. The minimum absolute atomic E-state index is 0.168. The number of amides is 1. The molecule has 0 unspecified atom stereocenters. The van der Waals surface area contributed by atoms with E-state index in [1.165, 1.54) is 0 Å². The first-order valence-electron chi connectivity index (χ1n) is 7.09. The molecule has 0 fully saturated rings. The zero-order valence-corrected chi connectivity index (χ0v) is 12.5. The van der Waals surface area contributed by atoms with E-state index in [4.69, 9.17) is 4.74 Å². The van der Waals surface area contributed by atoms with Crippen LogP contribution in [0, 0.1) is 0 Å². The summed E-state index contributed by atoms with van der Waals surface area (Å²) in [5, 5.41) is 2.48. The lowest BCUT2D eigenvalue weighted by molar-refractivity contribution is -0.139. The lowest BCUT2D eigenvalue weighted by Gasteiger charge is -2.11. The minimum Gasteiger partial charge on any atom is -0.492 e. The summed E-state index contributed by atoms with van der Waals surface area (Å²) in [4.78, 5) is 23.4. The molecule has 0 aliphatic rings. The first-order valence-corrected chi connectivity index (χ1v) is 7.09. The number of hydrogen-bond donors (Lipinski definition) is 1. The molecule has 0 saturated carbocycles. The number of carbonyl (C=O) groups is 1. The molecular formula is C16H15F3N2O3. The summed E-state index contributed by atoms with van der Waals surface area (Å²) < 4.78 is 44.0. The van der Waals surface area contributed by atoms with Crippen LogP contribution < -0.4 is 15.6 Å². The third-order valence-corrected chi connectivity index (χ3v) is 3.08. The van der Waals surface area contributed by atoms with Crippen LogP contribution in [0.2, 0.25) is 0 Å². The number of rotatable bonds is 6. The van der Waals surface area contributed by atoms with Crippen LogP contribution in [0.3, 0.4) is 0 Å². The van der Waals surface area contributed by atoms with Crippen molar-refractivity contribution in [2.45, 2.75) is 12.7 Å². The van der Waals surface area contributed by atoms with Gasteiger partial charge in [-0.25, -0.2) is 0 Å². The third-order valence-electron chi connectivity index (χ3n) is 3.08. The molecule has 0 aliphatic carbocycles. The molecule has 24 heavy (non-hydrogen) atoms. The van der Waals surface area contributed by atoms with Gasteiger partial charge in [-0.2, -0.15) is 13.2 Å². The fourth-order valence-electron chi connectivity index (χ4n) is 1.96. The van der Waals surface area contributed by atoms with E-state index < -0.39 is 29.8 Å². The molecule has 0 aliphatic heterocycles. The number of hydrogen-bond acceptors (Lipinski definition) is 3. The summed E-state index contributed by atoms with van der Waals surface area (Å²) in [6, 6.07) is 10.7. The van der Waals surface area contributed by atoms with Gasteiger partial charge in [-0.05, 0) is 24.3 Å². The maximum Gasteiger partial charge on any atom is 0.421 e. The van der Waals surface area contributed by atoms with Crippen molar-refractivity contribution < 1.29 is 22.7 Å². The van der Waals surface area contributed by atoms with Gasteiger partial charge in [0.25, 0.3) is 5.56 Å². The van der Waals surface area contributed by atoms with Gasteiger partial charge in [0, 0.05) is 6.20 Å². The highest BCUT2D eigenvalue weighted by atomic mass is 19.4. The minimum atomic E-state index is -4.75. The van der Waals surface area contributed by atoms with Crippen LogP contribution in [-0.2, 0) is 17.5 Å². The molecule has 1 aromatic heterocycles. The fraction of sp³-hybridized carbons (Fsp3) is 0.250. The van der Waals surface area contributed by atoms with Crippen molar-refractivity contribution in [3.63, 3.8) is 0 Å². The Kier molecular flexibility index (Phi) is 5.62. The van der Waals surface area contributed by atoms with Gasteiger partial charge < -0.3 is 14.6 Å². The van der Waals surface area contributed by atoms with E-state index in [0.29, 0.717) is 11.8 Å². The number of pyridine rings is 1. The van der Waals surface area contributed by atoms with Crippen LogP contribution in [0.1, 0.15) is 5.56 Å². The lowest BCUT2D eigenvalue weighted by atomic mass is 10.2. The molecule has 1 N–H and O–H groups in total. The molecule has 2 rings (SSSR count). The van der Waals surface area contributed by atoms with Gasteiger partial charge in [-0.3, -0.25) is 9.59 Å². The summed E-state index contributed by atoms with van der Waals surface area (Å²) in [6.07, 6.45) is -3.61. The standard InChI is InChI=1S/C16H15F3N2O3/c17-16(18,19)13-7-4-9-21(15(13)23)11-14(22)20-8-10-24-12-5-2-1-3-6-12/h1-7,9H,8,10-11H2,(H,20,22). The smallest absolute Gasteiger partial charge is 0.421 e. The number of nitrogens with zero attached hydrogens (tertiary/aromatic N) is 1. The maximum absolute atomic E-state index is 12.6. The van der Waals surface area contributed by atoms with E-state index >= 15 is 0 Å². The number of carbonyl (C=O) groups excluding carboxylic acids is 1. The normalized spacial score (nSPS) is 11.1. The predicted molar refractivity (Wildman–Crippen MR) is 80.7 cm³/mol. The average molecular weight is 340 g/mol. The maximum atomic E-state index is 12.6. The Morgan fingerprint density at radius 1 is 1.12 bits per heavy atom. The molecule has 0 bridgehead atoms. The molecule has 0 atom stereocenters. The zero-order valence-electron chi connectivity index (χ0n) is 12.5. The van der Waals surface area contributed by atoms with Gasteiger partial charge >= 0.3 is 6.18 Å². The number of nitrogens with one attached hydrogen (secondary N) is 1. The topological polar surface area (TPSA) is 60.3 Å². The molecule has 1 heterocycles. The fourth-order valence-corrected chi connectivity index (χ4v) is 1.96. The highest BCUT2D eigenvalue weighted by Gasteiger charge is 2.34. The van der Waals surface area contributed by atoms with E-state index in [-0.39, 0.29) is 13.2 Å². The highest BCUT2D eigenvalue weighted by molar-refractivity contribution is 5.75. The van der Waals surface area contributed by atoms with Crippen molar-refractivity contribution in [2.75, 3.05) is 13.2 Å². The van der Waals surface area contributed by atoms with Gasteiger partial charge in [0.2, 0.25) is 5.91 Å². The zero-order chi connectivity index (χ0) is 17.6. The first kappa shape index (κ1) is 17.6. The molecule has 2 aromatic rings. The second-order valence-corrected chi connectivity index (χ2v) is 4.86. The Bertz CT molecular complexity index is 742. The molecular weight excluding hydrogens is 325 g/mol. The summed E-state index contributed by atoms with van der Waals surface area (Å²) >= 11 is 0. The molecule has 1 amide bonds. The highest BCUT2D eigenvalue weighted by Crippen LogP contribution is 2.25. The number of ether oxygens (including phenoxy) is 1. The van der Waals surface area contributed by atoms with Crippen molar-refractivity contribution in [3.05, 3.63) is 64.6 Å². The van der Waals surface area contributed by atoms with E-state index in [0.717, 1.165) is 16.8 Å². The van der Waals surface area contributed by atoms with Crippen molar-refractivity contribution >= 4 is 5.91 Å². The molecule has 8 heteroatoms. The largest absolute Gasteiger partial charge is 0.492 e. The second-order valence-electron chi connectivity index (χ2n) is 4.86. The van der Waals surface area contributed by atoms with Crippen LogP contribution in [0.5, 0.6) is 5.75 Å². The summed E-state index contributed by atoms with van der Waals surface area (Å²) in [5.41, 5.74) is -2.55. The molecule has 0 spiro atoms. The number of benzene rings is 1. The van der Waals surface area contributed by atoms with Crippen LogP contribution in [0.25, 0.3) is 0 Å². The van der Waals surface area contributed by atoms with Crippen LogP contribution >= 0.6 is 0 Å². The SMILES string of the molecule is O=C(Cn1cccc(C(F)(F)F)c1=O)NCCOc1ccccc1. The van der Waals surface area contributed by atoms with Crippen LogP contribution in [0.4, 0.5) is 13.2 Å². The van der Waals surface area contributed by atoms with Crippen LogP contribution in [0.15, 0.2) is 53.5 Å². The summed E-state index contributed by atoms with van der Waals surface area (Å²) in [5.74, 6) is 0.0638. The van der Waals surface area contributed by atoms with E-state index in [1.54, 1.807) is 24.3 Å².